The van der Waals surface area contributed by atoms with Crippen LogP contribution in [0.15, 0.2) is 4.99 Å². The van der Waals surface area contributed by atoms with E-state index in [9.17, 15) is 0 Å². The van der Waals surface area contributed by atoms with Crippen LogP contribution in [-0.2, 0) is 4.74 Å². The van der Waals surface area contributed by atoms with Gasteiger partial charge in [0.15, 0.2) is 5.90 Å². The van der Waals surface area contributed by atoms with Gasteiger partial charge in [-0.15, -0.1) is 0 Å². The highest BCUT2D eigenvalue weighted by molar-refractivity contribution is 5.79. The van der Waals surface area contributed by atoms with Gasteiger partial charge in [0, 0.05) is 0 Å². The summed E-state index contributed by atoms with van der Waals surface area (Å²) in [6.07, 6.45) is 2.55. The van der Waals surface area contributed by atoms with Crippen LogP contribution in [0, 0.1) is 0 Å². The van der Waals surface area contributed by atoms with Crippen LogP contribution in [0.5, 0.6) is 0 Å². The lowest BCUT2D eigenvalue weighted by atomic mass is 10.2. The number of ether oxygens (including phenoxy) is 1. The molecule has 3 heteroatoms. The third-order valence-electron chi connectivity index (χ3n) is 1.56. The van der Waals surface area contributed by atoms with Gasteiger partial charge in [0.2, 0.25) is 0 Å². The molecule has 2 N–H and O–H groups in total. The highest BCUT2D eigenvalue weighted by Gasteiger charge is 2.16. The smallest absolute Gasteiger partial charge is 0.197 e. The van der Waals surface area contributed by atoms with E-state index >= 15 is 0 Å². The van der Waals surface area contributed by atoms with E-state index in [1.165, 1.54) is 0 Å². The van der Waals surface area contributed by atoms with Gasteiger partial charge < -0.3 is 10.5 Å². The topological polar surface area (TPSA) is 47.6 Å². The van der Waals surface area contributed by atoms with Crippen LogP contribution in [0.4, 0.5) is 0 Å². The van der Waals surface area contributed by atoms with E-state index in [0.717, 1.165) is 25.3 Å². The second kappa shape index (κ2) is 3.56. The Bertz CT molecular complexity index is 134. The first kappa shape index (κ1) is 7.54. The predicted molar refractivity (Wildman–Crippen MR) is 41.1 cm³/mol. The zero-order valence-electron chi connectivity index (χ0n) is 6.34. The molecule has 0 saturated carbocycles. The fraction of sp³-hybridized carbons (Fsp3) is 0.857. The molecule has 0 fully saturated rings. The predicted octanol–water partition coefficient (Wildman–Crippen LogP) is 0.543. The minimum Gasteiger partial charge on any atom is -0.475 e. The van der Waals surface area contributed by atoms with Crippen molar-refractivity contribution in [1.82, 2.24) is 0 Å². The lowest BCUT2D eigenvalue weighted by Gasteiger charge is -2.07. The first-order valence-corrected chi connectivity index (χ1v) is 3.77. The molecule has 1 unspecified atom stereocenters. The van der Waals surface area contributed by atoms with Crippen molar-refractivity contribution in [2.45, 2.75) is 25.9 Å². The van der Waals surface area contributed by atoms with Crippen LogP contribution in [0.25, 0.3) is 0 Å². The third kappa shape index (κ3) is 1.70. The van der Waals surface area contributed by atoms with Gasteiger partial charge in [0.1, 0.15) is 6.10 Å². The lowest BCUT2D eigenvalue weighted by molar-refractivity contribution is 0.209. The summed E-state index contributed by atoms with van der Waals surface area (Å²) in [5.41, 5.74) is 5.34. The molecule has 1 rings (SSSR count). The molecular formula is C7H14N2O. The standard InChI is InChI=1S/C7H14N2O/c1-2-3-6-5-9-7(4-8)10-6/h6H,2-5,8H2,1H3. The van der Waals surface area contributed by atoms with Gasteiger partial charge >= 0.3 is 0 Å². The molecule has 0 radical (unpaired) electrons. The van der Waals surface area contributed by atoms with Crippen molar-refractivity contribution in [3.05, 3.63) is 0 Å². The fourth-order valence-corrected chi connectivity index (χ4v) is 1.06. The fourth-order valence-electron chi connectivity index (χ4n) is 1.06. The number of nitrogens with zero attached hydrogens (tertiary/aromatic N) is 1. The van der Waals surface area contributed by atoms with Crippen LogP contribution < -0.4 is 5.73 Å². The van der Waals surface area contributed by atoms with Crippen molar-refractivity contribution < 1.29 is 4.74 Å². The molecule has 58 valence electrons. The van der Waals surface area contributed by atoms with E-state index in [4.69, 9.17) is 10.5 Å². The van der Waals surface area contributed by atoms with E-state index in [-0.39, 0.29) is 0 Å². The van der Waals surface area contributed by atoms with Crippen LogP contribution in [-0.4, -0.2) is 25.1 Å². The highest BCUT2D eigenvalue weighted by Crippen LogP contribution is 2.09. The van der Waals surface area contributed by atoms with E-state index < -0.39 is 0 Å². The number of aliphatic imine (C=N–C) groups is 1. The Morgan fingerprint density at radius 3 is 3.10 bits per heavy atom. The Balaban J connectivity index is 2.22. The van der Waals surface area contributed by atoms with Gasteiger partial charge in [0.25, 0.3) is 0 Å². The van der Waals surface area contributed by atoms with Crippen LogP contribution in [0.2, 0.25) is 0 Å². The number of hydrogen-bond acceptors (Lipinski definition) is 3. The van der Waals surface area contributed by atoms with Gasteiger partial charge in [-0.1, -0.05) is 13.3 Å². The molecule has 0 aromatic heterocycles. The lowest BCUT2D eigenvalue weighted by Crippen LogP contribution is -2.18. The molecule has 1 aliphatic rings. The first-order chi connectivity index (χ1) is 4.86. The monoisotopic (exact) mass is 142 g/mol. The van der Waals surface area contributed by atoms with Gasteiger partial charge in [-0.3, -0.25) is 4.99 Å². The zero-order valence-corrected chi connectivity index (χ0v) is 6.34. The minimum absolute atomic E-state index is 0.309. The SMILES string of the molecule is CCCC1CN=C(CN)O1. The molecule has 1 aliphatic heterocycles. The maximum atomic E-state index is 5.38. The maximum absolute atomic E-state index is 5.38. The third-order valence-corrected chi connectivity index (χ3v) is 1.56. The molecular weight excluding hydrogens is 128 g/mol. The second-order valence-electron chi connectivity index (χ2n) is 2.47. The van der Waals surface area contributed by atoms with Crippen LogP contribution in [0.1, 0.15) is 19.8 Å². The first-order valence-electron chi connectivity index (χ1n) is 3.77. The summed E-state index contributed by atoms with van der Waals surface area (Å²) in [5.74, 6) is 0.721. The van der Waals surface area contributed by atoms with E-state index in [2.05, 4.69) is 11.9 Å². The summed E-state index contributed by atoms with van der Waals surface area (Å²) in [6.45, 7) is 3.39. The number of nitrogens with two attached hydrogens (primary N) is 1. The molecule has 0 aromatic rings. The Labute approximate surface area is 61.3 Å². The number of rotatable bonds is 3. The van der Waals surface area contributed by atoms with Crippen molar-refractivity contribution in [2.24, 2.45) is 10.7 Å². The molecule has 0 aromatic carbocycles. The molecule has 0 spiro atoms. The van der Waals surface area contributed by atoms with Crippen molar-refractivity contribution in [2.75, 3.05) is 13.1 Å². The molecule has 0 bridgehead atoms. The van der Waals surface area contributed by atoms with Crippen LogP contribution >= 0.6 is 0 Å². The summed E-state index contributed by atoms with van der Waals surface area (Å²) in [4.78, 5) is 4.12. The summed E-state index contributed by atoms with van der Waals surface area (Å²) in [5, 5.41) is 0. The Hall–Kier alpha value is -0.570. The normalized spacial score (nSPS) is 24.2. The van der Waals surface area contributed by atoms with Gasteiger partial charge in [-0.25, -0.2) is 0 Å². The largest absolute Gasteiger partial charge is 0.475 e. The number of hydrogen-bond donors (Lipinski definition) is 1. The molecule has 1 atom stereocenters. The Kier molecular flexibility index (Phi) is 2.68. The minimum atomic E-state index is 0.309. The zero-order chi connectivity index (χ0) is 7.40. The summed E-state index contributed by atoms with van der Waals surface area (Å²) in [6, 6.07) is 0. The molecule has 10 heavy (non-hydrogen) atoms. The van der Waals surface area contributed by atoms with Crippen molar-refractivity contribution in [1.29, 1.82) is 0 Å². The molecule has 3 nitrogen and oxygen atoms in total. The Morgan fingerprint density at radius 2 is 2.60 bits per heavy atom. The molecule has 0 aliphatic carbocycles. The van der Waals surface area contributed by atoms with Crippen molar-refractivity contribution >= 4 is 5.90 Å². The molecule has 1 heterocycles. The average Bonchev–Trinajstić information content (AvgIpc) is 2.37. The average molecular weight is 142 g/mol. The molecule has 0 saturated heterocycles. The quantitative estimate of drug-likeness (QED) is 0.625. The summed E-state index contributed by atoms with van der Waals surface area (Å²) < 4.78 is 5.38. The van der Waals surface area contributed by atoms with E-state index in [1.54, 1.807) is 0 Å². The van der Waals surface area contributed by atoms with Crippen LogP contribution in [0.3, 0.4) is 0 Å². The van der Waals surface area contributed by atoms with Gasteiger partial charge in [-0.05, 0) is 6.42 Å². The second-order valence-corrected chi connectivity index (χ2v) is 2.47. The molecule has 0 amide bonds. The van der Waals surface area contributed by atoms with E-state index in [1.807, 2.05) is 0 Å². The summed E-state index contributed by atoms with van der Waals surface area (Å²) >= 11 is 0. The highest BCUT2D eigenvalue weighted by atomic mass is 16.5. The van der Waals surface area contributed by atoms with Gasteiger partial charge in [-0.2, -0.15) is 0 Å². The summed E-state index contributed by atoms with van der Waals surface area (Å²) in [7, 11) is 0. The van der Waals surface area contributed by atoms with Crippen molar-refractivity contribution in [3.63, 3.8) is 0 Å². The Morgan fingerprint density at radius 1 is 1.80 bits per heavy atom. The van der Waals surface area contributed by atoms with E-state index in [0.29, 0.717) is 12.6 Å². The van der Waals surface area contributed by atoms with Crippen molar-refractivity contribution in [3.8, 4) is 0 Å². The maximum Gasteiger partial charge on any atom is 0.197 e. The van der Waals surface area contributed by atoms with Gasteiger partial charge in [0.05, 0.1) is 13.1 Å².